The lowest BCUT2D eigenvalue weighted by Crippen LogP contribution is -2.46. The largest absolute Gasteiger partial charge is 0.463 e. The van der Waals surface area contributed by atoms with Crippen LogP contribution in [-0.4, -0.2) is 37.2 Å². The summed E-state index contributed by atoms with van der Waals surface area (Å²) in [5.74, 6) is -0.550. The van der Waals surface area contributed by atoms with Crippen molar-refractivity contribution in [2.24, 2.45) is 0 Å². The number of allylic oxidation sites excluding steroid dienone is 1. The van der Waals surface area contributed by atoms with E-state index in [1.54, 1.807) is 20.9 Å². The number of carbonyl (C=O) groups is 2. The monoisotopic (exact) mass is 340 g/mol. The molecule has 0 bridgehead atoms. The van der Waals surface area contributed by atoms with E-state index in [0.717, 1.165) is 0 Å². The Labute approximate surface area is 138 Å². The molecule has 0 fully saturated rings. The molecule has 1 aromatic rings. The van der Waals surface area contributed by atoms with Crippen molar-refractivity contribution in [2.75, 3.05) is 13.7 Å². The molecule has 0 unspecified atom stereocenters. The summed E-state index contributed by atoms with van der Waals surface area (Å²) in [4.78, 5) is 25.6. The molecule has 6 nitrogen and oxygen atoms in total. The van der Waals surface area contributed by atoms with Crippen LogP contribution in [0.3, 0.4) is 0 Å². The zero-order valence-corrected chi connectivity index (χ0v) is 13.5. The number of rotatable bonds is 5. The molecule has 0 saturated carbocycles. The lowest BCUT2D eigenvalue weighted by atomic mass is 9.95. The predicted octanol–water partition coefficient (Wildman–Crippen LogP) is 2.82. The van der Waals surface area contributed by atoms with Gasteiger partial charge in [-0.3, -0.25) is 0 Å². The maximum atomic E-state index is 12.3. The fraction of sp³-hybridized carbons (Fsp3) is 0.375. The molecule has 2 amide bonds. The number of benzene rings is 1. The molecule has 8 heteroatoms. The van der Waals surface area contributed by atoms with Crippen LogP contribution in [0, 0.1) is 0 Å². The molecule has 1 N–H and O–H groups in total. The second kappa shape index (κ2) is 7.29. The number of hydrogen-bond acceptors (Lipinski definition) is 4. The first-order valence-corrected chi connectivity index (χ1v) is 7.32. The molecule has 1 atom stereocenters. The zero-order valence-electron chi connectivity index (χ0n) is 13.5. The predicted molar refractivity (Wildman–Crippen MR) is 81.4 cm³/mol. The first-order chi connectivity index (χ1) is 11.3. The van der Waals surface area contributed by atoms with E-state index in [4.69, 9.17) is 4.74 Å². The molecular weight excluding hydrogens is 322 g/mol. The smallest absolute Gasteiger partial charge is 0.387 e. The van der Waals surface area contributed by atoms with Gasteiger partial charge in [-0.15, -0.1) is 0 Å². The second-order valence-corrected chi connectivity index (χ2v) is 5.11. The van der Waals surface area contributed by atoms with Crippen molar-refractivity contribution in [2.45, 2.75) is 26.5 Å². The van der Waals surface area contributed by atoms with Crippen LogP contribution in [0.1, 0.15) is 25.5 Å². The topological polar surface area (TPSA) is 67.9 Å². The van der Waals surface area contributed by atoms with Crippen molar-refractivity contribution in [3.05, 3.63) is 41.1 Å². The van der Waals surface area contributed by atoms with Crippen LogP contribution in [0.5, 0.6) is 5.75 Å². The molecule has 1 aliphatic heterocycles. The zero-order chi connectivity index (χ0) is 17.9. The highest BCUT2D eigenvalue weighted by Crippen LogP contribution is 2.31. The van der Waals surface area contributed by atoms with Crippen molar-refractivity contribution >= 4 is 12.0 Å². The minimum absolute atomic E-state index is 0.00797. The average Bonchev–Trinajstić information content (AvgIpc) is 2.52. The Hall–Kier alpha value is -2.64. The summed E-state index contributed by atoms with van der Waals surface area (Å²) in [5.41, 5.74) is 1.32. The van der Waals surface area contributed by atoms with Gasteiger partial charge in [0.2, 0.25) is 0 Å². The van der Waals surface area contributed by atoms with Crippen molar-refractivity contribution in [1.82, 2.24) is 10.2 Å². The van der Waals surface area contributed by atoms with Gasteiger partial charge < -0.3 is 19.7 Å². The van der Waals surface area contributed by atoms with Gasteiger partial charge in [-0.05, 0) is 31.5 Å². The van der Waals surface area contributed by atoms with E-state index in [2.05, 4.69) is 10.1 Å². The molecule has 1 aliphatic rings. The van der Waals surface area contributed by atoms with E-state index >= 15 is 0 Å². The molecule has 1 aromatic carbocycles. The molecule has 0 aliphatic carbocycles. The molecule has 130 valence electrons. The fourth-order valence-corrected chi connectivity index (χ4v) is 2.40. The number of nitrogens with zero attached hydrogens (tertiary/aromatic N) is 1. The van der Waals surface area contributed by atoms with Gasteiger partial charge in [0.25, 0.3) is 0 Å². The van der Waals surface area contributed by atoms with E-state index in [0.29, 0.717) is 16.8 Å². The number of urea groups is 1. The fourth-order valence-electron chi connectivity index (χ4n) is 2.40. The van der Waals surface area contributed by atoms with Gasteiger partial charge in [-0.1, -0.05) is 12.1 Å². The molecule has 0 radical (unpaired) electrons. The van der Waals surface area contributed by atoms with Crippen molar-refractivity contribution in [3.63, 3.8) is 0 Å². The number of ether oxygens (including phenoxy) is 2. The minimum Gasteiger partial charge on any atom is -0.463 e. The Balaban J connectivity index is 2.38. The molecule has 24 heavy (non-hydrogen) atoms. The van der Waals surface area contributed by atoms with E-state index in [1.807, 2.05) is 0 Å². The summed E-state index contributed by atoms with van der Waals surface area (Å²) < 4.78 is 33.8. The Morgan fingerprint density at radius 2 is 1.96 bits per heavy atom. The quantitative estimate of drug-likeness (QED) is 0.837. The second-order valence-electron chi connectivity index (χ2n) is 5.11. The molecule has 1 heterocycles. The SMILES string of the molecule is CCOC(=O)C1=C(C)N(C)C(=O)N[C@@H]1c1ccc(OC(F)F)cc1. The van der Waals surface area contributed by atoms with Crippen molar-refractivity contribution in [3.8, 4) is 5.75 Å². The first kappa shape index (κ1) is 17.7. The number of amides is 2. The highest BCUT2D eigenvalue weighted by molar-refractivity contribution is 5.94. The molecule has 0 aromatic heterocycles. The van der Waals surface area contributed by atoms with Crippen molar-refractivity contribution in [1.29, 1.82) is 0 Å². The molecule has 2 rings (SSSR count). The van der Waals surface area contributed by atoms with Crippen LogP contribution >= 0.6 is 0 Å². The Morgan fingerprint density at radius 3 is 2.50 bits per heavy atom. The van der Waals surface area contributed by atoms with E-state index < -0.39 is 18.6 Å². The lowest BCUT2D eigenvalue weighted by molar-refractivity contribution is -0.139. The molecule has 0 spiro atoms. The normalized spacial score (nSPS) is 17.8. The third-order valence-electron chi connectivity index (χ3n) is 3.69. The van der Waals surface area contributed by atoms with E-state index in [-0.39, 0.29) is 18.4 Å². The summed E-state index contributed by atoms with van der Waals surface area (Å²) in [6.45, 7) is 0.605. The van der Waals surface area contributed by atoms with Crippen LogP contribution in [0.2, 0.25) is 0 Å². The van der Waals surface area contributed by atoms with Gasteiger partial charge in [0.05, 0.1) is 18.2 Å². The van der Waals surface area contributed by atoms with Crippen LogP contribution < -0.4 is 10.1 Å². The summed E-state index contributed by atoms with van der Waals surface area (Å²) in [6, 6.07) is 4.63. The minimum atomic E-state index is -2.92. The van der Waals surface area contributed by atoms with Gasteiger partial charge in [-0.2, -0.15) is 8.78 Å². The number of halogens is 2. The first-order valence-electron chi connectivity index (χ1n) is 7.32. The van der Waals surface area contributed by atoms with Crippen LogP contribution in [0.4, 0.5) is 13.6 Å². The lowest BCUT2D eigenvalue weighted by Gasteiger charge is -2.33. The molecule has 0 saturated heterocycles. The van der Waals surface area contributed by atoms with E-state index in [9.17, 15) is 18.4 Å². The standard InChI is InChI=1S/C16H18F2N2O4/c1-4-23-14(21)12-9(2)20(3)16(22)19-13(12)10-5-7-11(8-6-10)24-15(17)18/h5-8,13,15H,4H2,1-3H3,(H,19,22)/t13-/m1/s1. The van der Waals surface area contributed by atoms with Gasteiger partial charge in [0, 0.05) is 12.7 Å². The Bertz CT molecular complexity index is 659. The van der Waals surface area contributed by atoms with E-state index in [1.165, 1.54) is 29.2 Å². The van der Waals surface area contributed by atoms with Gasteiger partial charge in [-0.25, -0.2) is 9.59 Å². The van der Waals surface area contributed by atoms with Gasteiger partial charge in [0.1, 0.15) is 5.75 Å². The van der Waals surface area contributed by atoms with Crippen molar-refractivity contribution < 1.29 is 27.8 Å². The summed E-state index contributed by atoms with van der Waals surface area (Å²) >= 11 is 0. The van der Waals surface area contributed by atoms with Crippen LogP contribution in [-0.2, 0) is 9.53 Å². The third kappa shape index (κ3) is 3.64. The number of alkyl halides is 2. The highest BCUT2D eigenvalue weighted by atomic mass is 19.3. The summed E-state index contributed by atoms with van der Waals surface area (Å²) in [7, 11) is 1.54. The highest BCUT2D eigenvalue weighted by Gasteiger charge is 2.34. The molecular formula is C16H18F2N2O4. The maximum absolute atomic E-state index is 12.3. The Morgan fingerprint density at radius 1 is 1.33 bits per heavy atom. The van der Waals surface area contributed by atoms with Gasteiger partial charge in [0.15, 0.2) is 0 Å². The summed E-state index contributed by atoms with van der Waals surface area (Å²) in [6.07, 6.45) is 0. The third-order valence-corrected chi connectivity index (χ3v) is 3.69. The van der Waals surface area contributed by atoms with Gasteiger partial charge >= 0.3 is 18.6 Å². The number of hydrogen-bond donors (Lipinski definition) is 1. The maximum Gasteiger partial charge on any atom is 0.387 e. The van der Waals surface area contributed by atoms with Crippen LogP contribution in [0.15, 0.2) is 35.5 Å². The number of esters is 1. The average molecular weight is 340 g/mol. The Kier molecular flexibility index (Phi) is 5.38. The number of nitrogens with one attached hydrogen (secondary N) is 1. The van der Waals surface area contributed by atoms with Crippen LogP contribution in [0.25, 0.3) is 0 Å². The summed E-state index contributed by atoms with van der Waals surface area (Å²) in [5, 5.41) is 2.70. The number of carbonyl (C=O) groups excluding carboxylic acids is 2.